The first-order valence-corrected chi connectivity index (χ1v) is 10.5. The molecule has 0 spiro atoms. The number of benzene rings is 1. The Morgan fingerprint density at radius 1 is 1.28 bits per heavy atom. The zero-order valence-corrected chi connectivity index (χ0v) is 16.1. The van der Waals surface area contributed by atoms with Crippen LogP contribution in [-0.4, -0.2) is 36.7 Å². The number of methoxy groups -OCH3 is 1. The van der Waals surface area contributed by atoms with Crippen molar-refractivity contribution in [3.63, 3.8) is 0 Å². The van der Waals surface area contributed by atoms with Crippen molar-refractivity contribution in [1.82, 2.24) is 15.0 Å². The van der Waals surface area contributed by atoms with Crippen LogP contribution < -0.4 is 4.74 Å². The van der Waals surface area contributed by atoms with Crippen molar-refractivity contribution >= 4 is 32.6 Å². The second kappa shape index (κ2) is 6.68. The van der Waals surface area contributed by atoms with Crippen LogP contribution in [0.4, 0.5) is 0 Å². The lowest BCUT2D eigenvalue weighted by atomic mass is 10.2. The maximum Gasteiger partial charge on any atom is 0.176 e. The van der Waals surface area contributed by atoms with Crippen LogP contribution in [0, 0.1) is 13.8 Å². The Morgan fingerprint density at radius 3 is 2.72 bits per heavy atom. The highest BCUT2D eigenvalue weighted by molar-refractivity contribution is 7.98. The third kappa shape index (κ3) is 3.64. The van der Waals surface area contributed by atoms with E-state index in [1.807, 2.05) is 18.2 Å². The highest BCUT2D eigenvalue weighted by Gasteiger charge is 2.18. The van der Waals surface area contributed by atoms with E-state index in [9.17, 15) is 8.42 Å². The van der Waals surface area contributed by atoms with Gasteiger partial charge in [0.25, 0.3) is 0 Å². The van der Waals surface area contributed by atoms with E-state index in [-0.39, 0.29) is 0 Å². The molecule has 0 bridgehead atoms. The molecule has 1 aromatic carbocycles. The molecular formula is C17H19N3O3S2. The molecule has 2 aromatic heterocycles. The molecule has 6 nitrogen and oxygen atoms in total. The van der Waals surface area contributed by atoms with E-state index in [0.717, 1.165) is 27.6 Å². The minimum Gasteiger partial charge on any atom is -0.497 e. The van der Waals surface area contributed by atoms with Crippen LogP contribution >= 0.6 is 11.8 Å². The summed E-state index contributed by atoms with van der Waals surface area (Å²) >= 11 is 1.49. The number of thioether (sulfide) groups is 1. The van der Waals surface area contributed by atoms with E-state index in [4.69, 9.17) is 4.74 Å². The summed E-state index contributed by atoms with van der Waals surface area (Å²) in [5, 5.41) is 0.755. The third-order valence-corrected chi connectivity index (χ3v) is 6.18. The fourth-order valence-corrected chi connectivity index (χ4v) is 4.99. The van der Waals surface area contributed by atoms with Crippen molar-refractivity contribution in [2.45, 2.75) is 29.7 Å². The molecule has 3 rings (SSSR count). The molecule has 0 aliphatic carbocycles. The van der Waals surface area contributed by atoms with Gasteiger partial charge >= 0.3 is 0 Å². The number of fused-ring (bicyclic) bond motifs is 1. The zero-order chi connectivity index (χ0) is 18.2. The van der Waals surface area contributed by atoms with Gasteiger partial charge in [0.15, 0.2) is 15.0 Å². The van der Waals surface area contributed by atoms with Gasteiger partial charge in [-0.2, -0.15) is 0 Å². The fourth-order valence-electron chi connectivity index (χ4n) is 2.77. The smallest absolute Gasteiger partial charge is 0.176 e. The van der Waals surface area contributed by atoms with E-state index in [1.54, 1.807) is 27.2 Å². The van der Waals surface area contributed by atoms with Crippen molar-refractivity contribution in [2.24, 2.45) is 0 Å². The van der Waals surface area contributed by atoms with E-state index in [2.05, 4.69) is 15.0 Å². The molecule has 0 saturated carbocycles. The number of imidazole rings is 1. The van der Waals surface area contributed by atoms with Crippen molar-refractivity contribution in [3.05, 3.63) is 41.2 Å². The number of H-pyrrole nitrogens is 1. The van der Waals surface area contributed by atoms with Crippen molar-refractivity contribution in [1.29, 1.82) is 0 Å². The summed E-state index contributed by atoms with van der Waals surface area (Å²) < 4.78 is 29.2. The molecule has 3 aromatic rings. The Balaban J connectivity index is 1.87. The van der Waals surface area contributed by atoms with Crippen LogP contribution in [-0.2, 0) is 15.6 Å². The summed E-state index contributed by atoms with van der Waals surface area (Å²) in [7, 11) is -1.66. The Hall–Kier alpha value is -2.06. The van der Waals surface area contributed by atoms with E-state index < -0.39 is 9.84 Å². The lowest BCUT2D eigenvalue weighted by molar-refractivity contribution is 0.415. The first kappa shape index (κ1) is 17.8. The van der Waals surface area contributed by atoms with Crippen molar-refractivity contribution in [3.8, 4) is 5.75 Å². The first-order valence-electron chi connectivity index (χ1n) is 7.61. The average Bonchev–Trinajstić information content (AvgIpc) is 2.94. The number of aryl methyl sites for hydroxylation is 1. The second-order valence-electron chi connectivity index (χ2n) is 5.83. The molecule has 0 amide bonds. The summed E-state index contributed by atoms with van der Waals surface area (Å²) in [6.45, 7) is 3.57. The Bertz CT molecular complexity index is 1040. The molecule has 0 saturated heterocycles. The van der Waals surface area contributed by atoms with Crippen LogP contribution in [0.15, 0.2) is 34.4 Å². The standard InChI is InChI=1S/C17H19N3O3S2/c1-10-8-18-15(11(2)16(10)25(4,21)22)9-24-17-19-13-6-5-12(23-3)7-14(13)20-17/h5-8H,9H2,1-4H3,(H,19,20). The molecule has 0 radical (unpaired) electrons. The second-order valence-corrected chi connectivity index (χ2v) is 8.74. The highest BCUT2D eigenvalue weighted by Crippen LogP contribution is 2.28. The highest BCUT2D eigenvalue weighted by atomic mass is 32.2. The third-order valence-electron chi connectivity index (χ3n) is 3.93. The summed E-state index contributed by atoms with van der Waals surface area (Å²) in [5.41, 5.74) is 3.87. The van der Waals surface area contributed by atoms with Gasteiger partial charge in [0.05, 0.1) is 28.7 Å². The van der Waals surface area contributed by atoms with Gasteiger partial charge in [0, 0.05) is 24.3 Å². The Kier molecular flexibility index (Phi) is 4.75. The molecule has 0 unspecified atom stereocenters. The normalized spacial score (nSPS) is 11.8. The van der Waals surface area contributed by atoms with Gasteiger partial charge in [-0.05, 0) is 37.1 Å². The van der Waals surface area contributed by atoms with Crippen LogP contribution in [0.2, 0.25) is 0 Å². The SMILES string of the molecule is COc1ccc2nc(SCc3ncc(C)c(S(C)(=O)=O)c3C)[nH]c2c1. The minimum atomic E-state index is -3.28. The number of ether oxygens (including phenoxy) is 1. The largest absolute Gasteiger partial charge is 0.497 e. The van der Waals surface area contributed by atoms with Gasteiger partial charge in [-0.3, -0.25) is 4.98 Å². The molecule has 25 heavy (non-hydrogen) atoms. The predicted octanol–water partition coefficient (Wildman–Crippen LogP) is 3.28. The van der Waals surface area contributed by atoms with E-state index in [0.29, 0.717) is 21.8 Å². The molecule has 0 atom stereocenters. The van der Waals surface area contributed by atoms with E-state index >= 15 is 0 Å². The summed E-state index contributed by atoms with van der Waals surface area (Å²) in [6.07, 6.45) is 2.84. The number of hydrogen-bond donors (Lipinski definition) is 1. The Labute approximate surface area is 151 Å². The molecule has 8 heteroatoms. The first-order chi connectivity index (χ1) is 11.8. The molecule has 0 aliphatic rings. The fraction of sp³-hybridized carbons (Fsp3) is 0.294. The molecule has 132 valence electrons. The maximum atomic E-state index is 12.0. The van der Waals surface area contributed by atoms with Crippen LogP contribution in [0.1, 0.15) is 16.8 Å². The van der Waals surface area contributed by atoms with E-state index in [1.165, 1.54) is 18.0 Å². The van der Waals surface area contributed by atoms with Crippen LogP contribution in [0.3, 0.4) is 0 Å². The average molecular weight is 377 g/mol. The number of aromatic amines is 1. The summed E-state index contributed by atoms with van der Waals surface area (Å²) in [5.74, 6) is 1.30. The Morgan fingerprint density at radius 2 is 2.04 bits per heavy atom. The molecule has 2 heterocycles. The minimum absolute atomic E-state index is 0.368. The van der Waals surface area contributed by atoms with Crippen molar-refractivity contribution in [2.75, 3.05) is 13.4 Å². The number of nitrogens with one attached hydrogen (secondary N) is 1. The zero-order valence-electron chi connectivity index (χ0n) is 14.5. The monoisotopic (exact) mass is 377 g/mol. The lowest BCUT2D eigenvalue weighted by Gasteiger charge is -2.11. The van der Waals surface area contributed by atoms with Gasteiger partial charge in [0.1, 0.15) is 5.75 Å². The quantitative estimate of drug-likeness (QED) is 0.687. The molecule has 0 aliphatic heterocycles. The maximum absolute atomic E-state index is 12.0. The predicted molar refractivity (Wildman–Crippen MR) is 99.0 cm³/mol. The number of nitrogens with zero attached hydrogens (tertiary/aromatic N) is 2. The van der Waals surface area contributed by atoms with Gasteiger partial charge < -0.3 is 9.72 Å². The van der Waals surface area contributed by atoms with Gasteiger partial charge in [-0.15, -0.1) is 0 Å². The lowest BCUT2D eigenvalue weighted by Crippen LogP contribution is -2.07. The number of pyridine rings is 1. The summed E-state index contributed by atoms with van der Waals surface area (Å²) in [4.78, 5) is 12.5. The van der Waals surface area contributed by atoms with Crippen molar-refractivity contribution < 1.29 is 13.2 Å². The number of aromatic nitrogens is 3. The van der Waals surface area contributed by atoms with Gasteiger partial charge in [0.2, 0.25) is 0 Å². The van der Waals surface area contributed by atoms with Gasteiger partial charge in [-0.25, -0.2) is 13.4 Å². The molecule has 1 N–H and O–H groups in total. The number of rotatable bonds is 5. The molecule has 0 fully saturated rings. The number of hydrogen-bond acceptors (Lipinski definition) is 6. The van der Waals surface area contributed by atoms with Crippen LogP contribution in [0.5, 0.6) is 5.75 Å². The molecular weight excluding hydrogens is 358 g/mol. The summed E-state index contributed by atoms with van der Waals surface area (Å²) in [6, 6.07) is 5.65. The van der Waals surface area contributed by atoms with Crippen LogP contribution in [0.25, 0.3) is 11.0 Å². The van der Waals surface area contributed by atoms with Gasteiger partial charge in [-0.1, -0.05) is 11.8 Å². The topological polar surface area (TPSA) is 84.9 Å². The number of sulfone groups is 1.